The number of hydrogen-bond acceptors (Lipinski definition) is 4. The summed E-state index contributed by atoms with van der Waals surface area (Å²) in [4.78, 5) is 30.3. The molecule has 0 spiro atoms. The third kappa shape index (κ3) is 1.37. The van der Waals surface area contributed by atoms with Gasteiger partial charge in [0.05, 0.1) is 11.0 Å². The summed E-state index contributed by atoms with van der Waals surface area (Å²) in [6, 6.07) is 0. The Morgan fingerprint density at radius 2 is 1.91 bits per heavy atom. The second-order valence-electron chi connectivity index (χ2n) is 1.89. The van der Waals surface area contributed by atoms with E-state index in [1.54, 1.807) is 0 Å². The molecule has 0 atom stereocenters. The van der Waals surface area contributed by atoms with E-state index in [1.807, 2.05) is 0 Å². The molecule has 0 saturated carbocycles. The Bertz CT molecular complexity index is 300. The monoisotopic (exact) mass is 153 g/mol. The molecule has 0 amide bonds. The molecule has 0 heterocycles. The van der Waals surface area contributed by atoms with Gasteiger partial charge in [-0.2, -0.15) is 0 Å². The van der Waals surface area contributed by atoms with E-state index in [0.29, 0.717) is 6.08 Å². The van der Waals surface area contributed by atoms with Crippen LogP contribution in [0.1, 0.15) is 0 Å². The molecular formula is C6H3NO4. The van der Waals surface area contributed by atoms with Crippen LogP contribution in [0.4, 0.5) is 0 Å². The normalized spacial score (nSPS) is 16.5. The summed E-state index contributed by atoms with van der Waals surface area (Å²) in [5.74, 6) is -1.27. The average molecular weight is 153 g/mol. The molecule has 0 bridgehead atoms. The van der Waals surface area contributed by atoms with Gasteiger partial charge in [-0.3, -0.25) is 19.7 Å². The maximum atomic E-state index is 10.6. The fourth-order valence-electron chi connectivity index (χ4n) is 0.640. The Morgan fingerprint density at radius 3 is 2.36 bits per heavy atom. The molecule has 11 heavy (non-hydrogen) atoms. The highest BCUT2D eigenvalue weighted by molar-refractivity contribution is 6.16. The van der Waals surface area contributed by atoms with Crippen molar-refractivity contribution in [1.82, 2.24) is 0 Å². The van der Waals surface area contributed by atoms with Gasteiger partial charge in [0.1, 0.15) is 0 Å². The van der Waals surface area contributed by atoms with E-state index in [1.165, 1.54) is 0 Å². The Kier molecular flexibility index (Phi) is 1.63. The van der Waals surface area contributed by atoms with E-state index in [2.05, 4.69) is 0 Å². The molecule has 56 valence electrons. The zero-order valence-electron chi connectivity index (χ0n) is 5.31. The molecule has 0 radical (unpaired) electrons. The highest BCUT2D eigenvalue weighted by Crippen LogP contribution is 2.04. The van der Waals surface area contributed by atoms with Crippen molar-refractivity contribution >= 4 is 11.6 Å². The molecule has 1 aliphatic carbocycles. The first-order chi connectivity index (χ1) is 5.11. The number of carbonyl (C=O) groups excluding carboxylic acids is 2. The van der Waals surface area contributed by atoms with Crippen LogP contribution in [-0.4, -0.2) is 16.5 Å². The van der Waals surface area contributed by atoms with E-state index >= 15 is 0 Å². The zero-order valence-corrected chi connectivity index (χ0v) is 5.31. The molecule has 0 N–H and O–H groups in total. The van der Waals surface area contributed by atoms with Crippen molar-refractivity contribution in [2.75, 3.05) is 0 Å². The van der Waals surface area contributed by atoms with Gasteiger partial charge in [-0.15, -0.1) is 0 Å². The van der Waals surface area contributed by atoms with E-state index in [0.717, 1.165) is 12.2 Å². The van der Waals surface area contributed by atoms with Gasteiger partial charge in [0, 0.05) is 0 Å². The van der Waals surface area contributed by atoms with Crippen molar-refractivity contribution in [1.29, 1.82) is 0 Å². The first-order valence-corrected chi connectivity index (χ1v) is 2.74. The lowest BCUT2D eigenvalue weighted by atomic mass is 10.1. The number of allylic oxidation sites excluding steroid dienone is 3. The van der Waals surface area contributed by atoms with Gasteiger partial charge in [0.15, 0.2) is 5.78 Å². The van der Waals surface area contributed by atoms with Gasteiger partial charge in [-0.25, -0.2) is 0 Å². The maximum absolute atomic E-state index is 10.6. The second-order valence-corrected chi connectivity index (χ2v) is 1.89. The minimum absolute atomic E-state index is 0.531. The van der Waals surface area contributed by atoms with Gasteiger partial charge < -0.3 is 0 Å². The Balaban J connectivity index is 3.03. The molecular weight excluding hydrogens is 150 g/mol. The first kappa shape index (κ1) is 7.33. The van der Waals surface area contributed by atoms with Crippen LogP contribution in [-0.2, 0) is 9.59 Å². The number of ketones is 2. The van der Waals surface area contributed by atoms with Crippen molar-refractivity contribution in [2.45, 2.75) is 0 Å². The summed E-state index contributed by atoms with van der Waals surface area (Å²) in [7, 11) is 0. The third-order valence-corrected chi connectivity index (χ3v) is 1.13. The number of rotatable bonds is 1. The third-order valence-electron chi connectivity index (χ3n) is 1.13. The average Bonchev–Trinajstić information content (AvgIpc) is 1.94. The quantitative estimate of drug-likeness (QED) is 0.298. The van der Waals surface area contributed by atoms with E-state index in [-0.39, 0.29) is 0 Å². The fourth-order valence-corrected chi connectivity index (χ4v) is 0.640. The zero-order chi connectivity index (χ0) is 8.43. The molecule has 0 fully saturated rings. The van der Waals surface area contributed by atoms with Gasteiger partial charge in [-0.1, -0.05) is 0 Å². The molecule has 0 aromatic carbocycles. The van der Waals surface area contributed by atoms with Gasteiger partial charge in [0.2, 0.25) is 0 Å². The minimum atomic E-state index is -0.871. The Morgan fingerprint density at radius 1 is 1.27 bits per heavy atom. The summed E-state index contributed by atoms with van der Waals surface area (Å²) < 4.78 is 0. The van der Waals surface area contributed by atoms with Crippen molar-refractivity contribution < 1.29 is 14.5 Å². The Labute approximate surface area is 61.2 Å². The van der Waals surface area contributed by atoms with E-state index in [4.69, 9.17) is 0 Å². The van der Waals surface area contributed by atoms with Gasteiger partial charge >= 0.3 is 5.70 Å². The van der Waals surface area contributed by atoms with E-state index in [9.17, 15) is 19.7 Å². The molecule has 5 nitrogen and oxygen atoms in total. The fraction of sp³-hybridized carbons (Fsp3) is 0. The summed E-state index contributed by atoms with van der Waals surface area (Å²) in [5, 5.41) is 10.0. The van der Waals surface area contributed by atoms with Crippen LogP contribution in [0.2, 0.25) is 0 Å². The number of carbonyl (C=O) groups is 2. The van der Waals surface area contributed by atoms with Crippen LogP contribution in [0.5, 0.6) is 0 Å². The van der Waals surface area contributed by atoms with Crippen molar-refractivity contribution in [3.8, 4) is 0 Å². The largest absolute Gasteiger partial charge is 0.320 e. The van der Waals surface area contributed by atoms with Crippen molar-refractivity contribution in [2.24, 2.45) is 0 Å². The van der Waals surface area contributed by atoms with Crippen LogP contribution in [0, 0.1) is 10.1 Å². The molecule has 0 aromatic rings. The minimum Gasteiger partial charge on any atom is -0.290 e. The van der Waals surface area contributed by atoms with Crippen molar-refractivity contribution in [3.63, 3.8) is 0 Å². The van der Waals surface area contributed by atoms with Crippen LogP contribution < -0.4 is 0 Å². The predicted octanol–water partition coefficient (Wildman–Crippen LogP) is -0.145. The lowest BCUT2D eigenvalue weighted by Gasteiger charge is -1.95. The smallest absolute Gasteiger partial charge is 0.290 e. The molecule has 1 aliphatic rings. The van der Waals surface area contributed by atoms with E-state index < -0.39 is 22.2 Å². The first-order valence-electron chi connectivity index (χ1n) is 2.74. The summed E-state index contributed by atoms with van der Waals surface area (Å²) in [6.45, 7) is 0. The number of nitrogens with zero attached hydrogens (tertiary/aromatic N) is 1. The Hall–Kier alpha value is -1.78. The summed E-state index contributed by atoms with van der Waals surface area (Å²) >= 11 is 0. The van der Waals surface area contributed by atoms with Crippen LogP contribution in [0.15, 0.2) is 23.9 Å². The molecule has 0 saturated heterocycles. The van der Waals surface area contributed by atoms with Crippen LogP contribution in [0.3, 0.4) is 0 Å². The highest BCUT2D eigenvalue weighted by atomic mass is 16.6. The summed E-state index contributed by atoms with van der Waals surface area (Å²) in [5.41, 5.74) is -0.669. The summed E-state index contributed by atoms with van der Waals surface area (Å²) in [6.07, 6.45) is 2.60. The van der Waals surface area contributed by atoms with Crippen molar-refractivity contribution in [3.05, 3.63) is 34.0 Å². The van der Waals surface area contributed by atoms with Crippen LogP contribution in [0.25, 0.3) is 0 Å². The second kappa shape index (κ2) is 2.45. The topological polar surface area (TPSA) is 77.3 Å². The highest BCUT2D eigenvalue weighted by Gasteiger charge is 2.23. The number of nitro groups is 1. The predicted molar refractivity (Wildman–Crippen MR) is 34.2 cm³/mol. The molecule has 0 unspecified atom stereocenters. The molecule has 0 aromatic heterocycles. The lowest BCUT2D eigenvalue weighted by molar-refractivity contribution is -0.418. The lowest BCUT2D eigenvalue weighted by Crippen LogP contribution is -2.14. The molecule has 0 aliphatic heterocycles. The van der Waals surface area contributed by atoms with Crippen LogP contribution >= 0.6 is 0 Å². The van der Waals surface area contributed by atoms with Gasteiger partial charge in [0.25, 0.3) is 5.78 Å². The van der Waals surface area contributed by atoms with Gasteiger partial charge in [-0.05, 0) is 12.2 Å². The SMILES string of the molecule is O=C1C=CC(=O)C([N+](=O)[O-])=C1. The standard InChI is InChI=1S/C6H3NO4/c8-4-1-2-6(9)5(3-4)7(10)11/h1-3H. The number of hydrogen-bond donors (Lipinski definition) is 0. The maximum Gasteiger partial charge on any atom is 0.320 e. The molecule has 5 heteroatoms. The molecule has 1 rings (SSSR count).